The Morgan fingerprint density at radius 2 is 1.55 bits per heavy atom. The first-order chi connectivity index (χ1) is 9.47. The number of ether oxygens (including phenoxy) is 1. The van der Waals surface area contributed by atoms with E-state index in [2.05, 4.69) is 5.32 Å². The van der Waals surface area contributed by atoms with Crippen LogP contribution in [-0.4, -0.2) is 6.10 Å². The van der Waals surface area contributed by atoms with Crippen LogP contribution in [0.2, 0.25) is 0 Å². The fraction of sp³-hybridized carbons (Fsp3) is 0.200. The van der Waals surface area contributed by atoms with Gasteiger partial charge in [0.1, 0.15) is 5.75 Å². The fourth-order valence-corrected chi connectivity index (χ4v) is 1.67. The highest BCUT2D eigenvalue weighted by Crippen LogP contribution is 2.25. The molecule has 0 spiro atoms. The molecule has 0 radical (unpaired) electrons. The van der Waals surface area contributed by atoms with Gasteiger partial charge in [0.15, 0.2) is 17.5 Å². The first-order valence-electron chi connectivity index (χ1n) is 6.14. The van der Waals surface area contributed by atoms with Crippen molar-refractivity contribution in [3.8, 4) is 5.75 Å². The summed E-state index contributed by atoms with van der Waals surface area (Å²) in [6, 6.07) is 8.76. The van der Waals surface area contributed by atoms with E-state index in [0.29, 0.717) is 11.4 Å². The molecule has 0 heterocycles. The third kappa shape index (κ3) is 3.23. The predicted octanol–water partition coefficient (Wildman–Crippen LogP) is 4.63. The van der Waals surface area contributed by atoms with Gasteiger partial charge >= 0.3 is 0 Å². The fourth-order valence-electron chi connectivity index (χ4n) is 1.67. The first-order valence-corrected chi connectivity index (χ1v) is 6.14. The van der Waals surface area contributed by atoms with Crippen LogP contribution < -0.4 is 10.1 Å². The van der Waals surface area contributed by atoms with Crippen molar-refractivity contribution in [2.75, 3.05) is 5.32 Å². The molecule has 0 unspecified atom stereocenters. The smallest absolute Gasteiger partial charge is 0.196 e. The molecule has 0 aromatic heterocycles. The van der Waals surface area contributed by atoms with Crippen molar-refractivity contribution in [2.24, 2.45) is 0 Å². The number of anilines is 2. The van der Waals surface area contributed by atoms with Crippen molar-refractivity contribution in [2.45, 2.75) is 20.0 Å². The van der Waals surface area contributed by atoms with Gasteiger partial charge in [0.2, 0.25) is 0 Å². The molecule has 2 rings (SSSR count). The molecular weight excluding hydrogens is 267 g/mol. The maximum absolute atomic E-state index is 13.5. The largest absolute Gasteiger partial charge is 0.491 e. The molecule has 0 bridgehead atoms. The summed E-state index contributed by atoms with van der Waals surface area (Å²) in [5, 5.41) is 2.68. The lowest BCUT2D eigenvalue weighted by atomic mass is 10.2. The molecule has 0 saturated carbocycles. The summed E-state index contributed by atoms with van der Waals surface area (Å²) >= 11 is 0. The van der Waals surface area contributed by atoms with Crippen molar-refractivity contribution < 1.29 is 17.9 Å². The molecule has 0 aliphatic carbocycles. The number of benzene rings is 2. The molecule has 0 aliphatic heterocycles. The topological polar surface area (TPSA) is 21.3 Å². The van der Waals surface area contributed by atoms with Crippen LogP contribution in [0.15, 0.2) is 36.4 Å². The van der Waals surface area contributed by atoms with Crippen LogP contribution in [0.1, 0.15) is 13.8 Å². The van der Waals surface area contributed by atoms with Gasteiger partial charge in [0.25, 0.3) is 0 Å². The number of hydrogen-bond acceptors (Lipinski definition) is 2. The standard InChI is InChI=1S/C15H14F3NO/c1-9(2)20-11-5-3-10(4-6-11)19-13-8-7-12(16)14(17)15(13)18/h3-9,19H,1-2H3. The van der Waals surface area contributed by atoms with Crippen molar-refractivity contribution in [3.05, 3.63) is 53.8 Å². The molecule has 0 amide bonds. The Labute approximate surface area is 115 Å². The first kappa shape index (κ1) is 14.2. The minimum absolute atomic E-state index is 0.0532. The molecule has 20 heavy (non-hydrogen) atoms. The zero-order valence-corrected chi connectivity index (χ0v) is 11.1. The van der Waals surface area contributed by atoms with E-state index in [9.17, 15) is 13.2 Å². The number of hydrogen-bond donors (Lipinski definition) is 1. The average Bonchev–Trinajstić information content (AvgIpc) is 2.41. The van der Waals surface area contributed by atoms with Gasteiger partial charge in [-0.05, 0) is 50.2 Å². The van der Waals surface area contributed by atoms with Gasteiger partial charge in [0, 0.05) is 5.69 Å². The Kier molecular flexibility index (Phi) is 4.17. The molecular formula is C15H14F3NO. The number of rotatable bonds is 4. The molecule has 5 heteroatoms. The lowest BCUT2D eigenvalue weighted by molar-refractivity contribution is 0.242. The summed E-state index contributed by atoms with van der Waals surface area (Å²) < 4.78 is 44.9. The van der Waals surface area contributed by atoms with Gasteiger partial charge in [-0.3, -0.25) is 0 Å². The summed E-state index contributed by atoms with van der Waals surface area (Å²) in [5.41, 5.74) is 0.424. The van der Waals surface area contributed by atoms with Crippen LogP contribution in [0.4, 0.5) is 24.5 Å². The summed E-state index contributed by atoms with van der Waals surface area (Å²) in [7, 11) is 0. The molecule has 2 aromatic carbocycles. The van der Waals surface area contributed by atoms with Gasteiger partial charge < -0.3 is 10.1 Å². The number of nitrogens with one attached hydrogen (secondary N) is 1. The maximum atomic E-state index is 13.5. The third-order valence-electron chi connectivity index (χ3n) is 2.54. The molecule has 2 nitrogen and oxygen atoms in total. The van der Waals surface area contributed by atoms with E-state index in [1.807, 2.05) is 13.8 Å². The highest BCUT2D eigenvalue weighted by atomic mass is 19.2. The van der Waals surface area contributed by atoms with Crippen molar-refractivity contribution >= 4 is 11.4 Å². The van der Waals surface area contributed by atoms with E-state index in [1.165, 1.54) is 0 Å². The Hall–Kier alpha value is -2.17. The number of halogens is 3. The second-order valence-electron chi connectivity index (χ2n) is 4.54. The summed E-state index contributed by atoms with van der Waals surface area (Å²) in [6.07, 6.45) is 0.0532. The molecule has 0 atom stereocenters. The van der Waals surface area contributed by atoms with E-state index in [4.69, 9.17) is 4.74 Å². The van der Waals surface area contributed by atoms with Crippen LogP contribution in [0, 0.1) is 17.5 Å². The van der Waals surface area contributed by atoms with E-state index in [-0.39, 0.29) is 11.8 Å². The average molecular weight is 281 g/mol. The monoisotopic (exact) mass is 281 g/mol. The zero-order valence-electron chi connectivity index (χ0n) is 11.1. The second-order valence-corrected chi connectivity index (χ2v) is 4.54. The maximum Gasteiger partial charge on any atom is 0.196 e. The molecule has 0 aliphatic rings. The SMILES string of the molecule is CC(C)Oc1ccc(Nc2ccc(F)c(F)c2F)cc1. The summed E-state index contributed by atoms with van der Waals surface area (Å²) in [4.78, 5) is 0. The minimum atomic E-state index is -1.49. The molecule has 106 valence electrons. The molecule has 1 N–H and O–H groups in total. The van der Waals surface area contributed by atoms with Gasteiger partial charge in [0.05, 0.1) is 11.8 Å². The van der Waals surface area contributed by atoms with Crippen molar-refractivity contribution in [3.63, 3.8) is 0 Å². The van der Waals surface area contributed by atoms with Gasteiger partial charge in [-0.2, -0.15) is 0 Å². The van der Waals surface area contributed by atoms with Crippen molar-refractivity contribution in [1.82, 2.24) is 0 Å². The Balaban J connectivity index is 2.16. The van der Waals surface area contributed by atoms with Crippen LogP contribution in [0.25, 0.3) is 0 Å². The van der Waals surface area contributed by atoms with Crippen LogP contribution >= 0.6 is 0 Å². The second kappa shape index (κ2) is 5.86. The van der Waals surface area contributed by atoms with E-state index >= 15 is 0 Å². The third-order valence-corrected chi connectivity index (χ3v) is 2.54. The Morgan fingerprint density at radius 1 is 0.900 bits per heavy atom. The molecule has 2 aromatic rings. The Morgan fingerprint density at radius 3 is 2.15 bits per heavy atom. The normalized spacial score (nSPS) is 10.7. The van der Waals surface area contributed by atoms with Crippen LogP contribution in [0.3, 0.4) is 0 Å². The van der Waals surface area contributed by atoms with E-state index < -0.39 is 17.5 Å². The van der Waals surface area contributed by atoms with E-state index in [0.717, 1.165) is 12.1 Å². The lowest BCUT2D eigenvalue weighted by Gasteiger charge is -2.11. The van der Waals surface area contributed by atoms with Crippen molar-refractivity contribution in [1.29, 1.82) is 0 Å². The summed E-state index contributed by atoms with van der Waals surface area (Å²) in [6.45, 7) is 3.81. The molecule has 0 fully saturated rings. The lowest BCUT2D eigenvalue weighted by Crippen LogP contribution is -2.05. The minimum Gasteiger partial charge on any atom is -0.491 e. The van der Waals surface area contributed by atoms with Crippen LogP contribution in [-0.2, 0) is 0 Å². The van der Waals surface area contributed by atoms with E-state index in [1.54, 1.807) is 24.3 Å². The van der Waals surface area contributed by atoms with Crippen LogP contribution in [0.5, 0.6) is 5.75 Å². The zero-order chi connectivity index (χ0) is 14.7. The Bertz CT molecular complexity index is 597. The molecule has 0 saturated heterocycles. The quantitative estimate of drug-likeness (QED) is 0.825. The highest BCUT2D eigenvalue weighted by molar-refractivity contribution is 5.61. The van der Waals surface area contributed by atoms with Gasteiger partial charge in [-0.15, -0.1) is 0 Å². The highest BCUT2D eigenvalue weighted by Gasteiger charge is 2.13. The summed E-state index contributed by atoms with van der Waals surface area (Å²) in [5.74, 6) is -3.27. The van der Waals surface area contributed by atoms with Gasteiger partial charge in [-0.25, -0.2) is 13.2 Å². The predicted molar refractivity (Wildman–Crippen MR) is 71.8 cm³/mol. The van der Waals surface area contributed by atoms with Gasteiger partial charge in [-0.1, -0.05) is 0 Å².